The Hall–Kier alpha value is -3.79. The van der Waals surface area contributed by atoms with E-state index in [9.17, 15) is 33.6 Å². The van der Waals surface area contributed by atoms with Crippen LogP contribution in [0.4, 0.5) is 0 Å². The van der Waals surface area contributed by atoms with Gasteiger partial charge in [-0.3, -0.25) is 28.8 Å². The monoisotopic (exact) mass is 983 g/mol. The van der Waals surface area contributed by atoms with Gasteiger partial charge in [0.2, 0.25) is 5.60 Å². The van der Waals surface area contributed by atoms with Gasteiger partial charge in [-0.05, 0) is 84.1 Å². The Labute approximate surface area is 415 Å². The van der Waals surface area contributed by atoms with Gasteiger partial charge in [-0.2, -0.15) is 0 Å². The standard InChI is InChI=1S/C53H94N2O14/c1-5-8-11-14-20-29-46(56)63-38-23-17-26-41-66-50(60)44-53(69-49(59)32-33-55-36-34-54(4)35-37-55,52(62)68-43-28-19-25-40-65-48(58)31-22-16-13-10-7-3)45-51(61)67-42-27-18-24-39-64-47(57)30-21-15-12-9-6-2/h5-45H2,1-4H3. The largest absolute Gasteiger partial charge is 0.466 e. The summed E-state index contributed by atoms with van der Waals surface area (Å²) in [5.41, 5.74) is -2.35. The molecule has 0 aliphatic carbocycles. The Kier molecular flexibility index (Phi) is 39.4. The van der Waals surface area contributed by atoms with Crippen molar-refractivity contribution in [2.24, 2.45) is 0 Å². The first-order valence-corrected chi connectivity index (χ1v) is 27.0. The molecule has 0 amide bonds. The van der Waals surface area contributed by atoms with E-state index in [1.54, 1.807) is 0 Å². The normalized spacial score (nSPS) is 13.1. The fourth-order valence-corrected chi connectivity index (χ4v) is 7.68. The van der Waals surface area contributed by atoms with Crippen molar-refractivity contribution in [3.63, 3.8) is 0 Å². The minimum atomic E-state index is -2.35. The molecule has 1 saturated heterocycles. The third kappa shape index (κ3) is 35.9. The number of nitrogens with zero attached hydrogens (tertiary/aromatic N) is 2. The van der Waals surface area contributed by atoms with Gasteiger partial charge in [0.25, 0.3) is 0 Å². The molecule has 0 aromatic heterocycles. The molecule has 0 aromatic carbocycles. The first kappa shape index (κ1) is 63.2. The summed E-state index contributed by atoms with van der Waals surface area (Å²) in [7, 11) is 2.03. The topological polar surface area (TPSA) is 191 Å². The minimum Gasteiger partial charge on any atom is -0.466 e. The van der Waals surface area contributed by atoms with E-state index < -0.39 is 42.3 Å². The van der Waals surface area contributed by atoms with Crippen molar-refractivity contribution in [2.75, 3.05) is 79.4 Å². The summed E-state index contributed by atoms with van der Waals surface area (Å²) in [4.78, 5) is 95.3. The minimum absolute atomic E-state index is 0.00512. The number of likely N-dealkylation sites (N-methyl/N-ethyl adjacent to an activating group) is 1. The second-order valence-electron chi connectivity index (χ2n) is 18.6. The van der Waals surface area contributed by atoms with Crippen LogP contribution >= 0.6 is 0 Å². The molecule has 1 aliphatic rings. The first-order valence-electron chi connectivity index (χ1n) is 27.0. The number of hydrogen-bond acceptors (Lipinski definition) is 16. The molecule has 16 nitrogen and oxygen atoms in total. The van der Waals surface area contributed by atoms with Crippen LogP contribution in [0.2, 0.25) is 0 Å². The molecule has 69 heavy (non-hydrogen) atoms. The van der Waals surface area contributed by atoms with Crippen LogP contribution in [0.5, 0.6) is 0 Å². The Morgan fingerprint density at radius 1 is 0.362 bits per heavy atom. The summed E-state index contributed by atoms with van der Waals surface area (Å²) >= 11 is 0. The lowest BCUT2D eigenvalue weighted by molar-refractivity contribution is -0.191. The van der Waals surface area contributed by atoms with Crippen molar-refractivity contribution in [2.45, 2.75) is 219 Å². The number of piperazine rings is 1. The van der Waals surface area contributed by atoms with Gasteiger partial charge in [0, 0.05) is 52.0 Å². The molecule has 1 rings (SSSR count). The zero-order chi connectivity index (χ0) is 50.6. The molecule has 1 fully saturated rings. The highest BCUT2D eigenvalue weighted by Gasteiger charge is 2.49. The molecule has 0 aromatic rings. The number of carbonyl (C=O) groups is 7. The van der Waals surface area contributed by atoms with Gasteiger partial charge in [-0.15, -0.1) is 0 Å². The van der Waals surface area contributed by atoms with Crippen molar-refractivity contribution in [1.29, 1.82) is 0 Å². The molecular weight excluding hydrogens is 889 g/mol. The van der Waals surface area contributed by atoms with Crippen molar-refractivity contribution >= 4 is 41.8 Å². The Morgan fingerprint density at radius 2 is 0.681 bits per heavy atom. The van der Waals surface area contributed by atoms with Crippen LogP contribution in [-0.4, -0.2) is 137 Å². The third-order valence-corrected chi connectivity index (χ3v) is 12.1. The van der Waals surface area contributed by atoms with Crippen molar-refractivity contribution < 1.29 is 66.7 Å². The average molecular weight is 983 g/mol. The smallest absolute Gasteiger partial charge is 0.351 e. The van der Waals surface area contributed by atoms with Crippen LogP contribution in [0, 0.1) is 0 Å². The molecule has 0 bridgehead atoms. The SMILES string of the molecule is CCCCCCCC(=O)OCCCCCOC(=O)CC(CC(=O)OCCCCCOC(=O)CCCCCCC)(OC(=O)CCN1CCN(C)CC1)C(=O)OCCCCCOC(=O)CCCCCCC. The van der Waals surface area contributed by atoms with Gasteiger partial charge in [-0.1, -0.05) is 97.8 Å². The molecule has 16 heteroatoms. The van der Waals surface area contributed by atoms with Crippen LogP contribution in [0.15, 0.2) is 0 Å². The van der Waals surface area contributed by atoms with Crippen LogP contribution in [0.1, 0.15) is 213 Å². The van der Waals surface area contributed by atoms with Crippen LogP contribution in [-0.2, 0) is 66.7 Å². The molecule has 1 aliphatic heterocycles. The summed E-state index contributed by atoms with van der Waals surface area (Å²) in [5.74, 6) is -4.22. The summed E-state index contributed by atoms with van der Waals surface area (Å²) in [6.07, 6.45) is 20.0. The molecule has 0 atom stereocenters. The van der Waals surface area contributed by atoms with E-state index in [2.05, 4.69) is 30.6 Å². The van der Waals surface area contributed by atoms with E-state index >= 15 is 0 Å². The van der Waals surface area contributed by atoms with Crippen LogP contribution < -0.4 is 0 Å². The maximum atomic E-state index is 14.1. The van der Waals surface area contributed by atoms with Gasteiger partial charge < -0.3 is 43.0 Å². The van der Waals surface area contributed by atoms with Crippen LogP contribution in [0.25, 0.3) is 0 Å². The van der Waals surface area contributed by atoms with E-state index in [4.69, 9.17) is 33.2 Å². The molecule has 0 radical (unpaired) electrons. The summed E-state index contributed by atoms with van der Waals surface area (Å²) in [6, 6.07) is 0. The van der Waals surface area contributed by atoms with E-state index in [0.29, 0.717) is 83.6 Å². The molecule has 0 N–H and O–H groups in total. The van der Waals surface area contributed by atoms with Gasteiger partial charge in [0.15, 0.2) is 0 Å². The lowest BCUT2D eigenvalue weighted by Crippen LogP contribution is -2.49. The number of esters is 7. The van der Waals surface area contributed by atoms with Crippen molar-refractivity contribution in [3.05, 3.63) is 0 Å². The molecule has 0 saturated carbocycles. The number of rotatable bonds is 45. The maximum Gasteiger partial charge on any atom is 0.351 e. The van der Waals surface area contributed by atoms with Crippen molar-refractivity contribution in [3.8, 4) is 0 Å². The molecule has 1 heterocycles. The van der Waals surface area contributed by atoms with Gasteiger partial charge in [0.05, 0.1) is 58.9 Å². The van der Waals surface area contributed by atoms with Gasteiger partial charge in [-0.25, -0.2) is 4.79 Å². The number of hydrogen-bond donors (Lipinski definition) is 0. The number of carbonyl (C=O) groups excluding carboxylic acids is 7. The highest BCUT2D eigenvalue weighted by Crippen LogP contribution is 2.27. The second kappa shape index (κ2) is 43.0. The number of unbranched alkanes of at least 4 members (excludes halogenated alkanes) is 18. The maximum absolute atomic E-state index is 14.1. The third-order valence-electron chi connectivity index (χ3n) is 12.1. The fourth-order valence-electron chi connectivity index (χ4n) is 7.68. The summed E-state index contributed by atoms with van der Waals surface area (Å²) in [6.45, 7) is 10.6. The zero-order valence-corrected chi connectivity index (χ0v) is 43.6. The Balaban J connectivity index is 2.92. The van der Waals surface area contributed by atoms with Crippen molar-refractivity contribution in [1.82, 2.24) is 9.80 Å². The Morgan fingerprint density at radius 3 is 1.04 bits per heavy atom. The molecule has 400 valence electrons. The lowest BCUT2D eigenvalue weighted by atomic mass is 9.94. The molecular formula is C53H94N2O14. The first-order chi connectivity index (χ1) is 33.4. The lowest BCUT2D eigenvalue weighted by Gasteiger charge is -2.33. The van der Waals surface area contributed by atoms with E-state index in [-0.39, 0.29) is 64.0 Å². The number of ether oxygens (including phenoxy) is 7. The summed E-state index contributed by atoms with van der Waals surface area (Å²) in [5, 5.41) is 0. The van der Waals surface area contributed by atoms with Crippen LogP contribution in [0.3, 0.4) is 0 Å². The second-order valence-corrected chi connectivity index (χ2v) is 18.6. The summed E-state index contributed by atoms with van der Waals surface area (Å²) < 4.78 is 38.6. The fraction of sp³-hybridized carbons (Fsp3) is 0.868. The highest BCUT2D eigenvalue weighted by atomic mass is 16.6. The average Bonchev–Trinajstić information content (AvgIpc) is 3.32. The predicted molar refractivity (Wildman–Crippen MR) is 264 cm³/mol. The highest BCUT2D eigenvalue weighted by molar-refractivity contribution is 5.92. The molecule has 0 spiro atoms. The quantitative estimate of drug-likeness (QED) is 0.0318. The molecule has 0 unspecified atom stereocenters. The van der Waals surface area contributed by atoms with Gasteiger partial charge >= 0.3 is 41.8 Å². The van der Waals surface area contributed by atoms with Gasteiger partial charge in [0.1, 0.15) is 0 Å². The Bertz CT molecular complexity index is 1330. The van der Waals surface area contributed by atoms with E-state index in [1.807, 2.05) is 7.05 Å². The van der Waals surface area contributed by atoms with E-state index in [1.165, 1.54) is 0 Å². The zero-order valence-electron chi connectivity index (χ0n) is 43.6. The predicted octanol–water partition coefficient (Wildman–Crippen LogP) is 9.54. The van der Waals surface area contributed by atoms with E-state index in [0.717, 1.165) is 122 Å².